The van der Waals surface area contributed by atoms with Crippen molar-refractivity contribution in [3.63, 3.8) is 0 Å². The lowest BCUT2D eigenvalue weighted by molar-refractivity contribution is -0.137. The SMILES string of the molecule is COc1ncnc2c1cnn2CCC(=O)O. The maximum absolute atomic E-state index is 10.5. The van der Waals surface area contributed by atoms with E-state index < -0.39 is 5.97 Å². The molecule has 0 radical (unpaired) electrons. The highest BCUT2D eigenvalue weighted by Crippen LogP contribution is 2.19. The molecule has 2 aromatic heterocycles. The fraction of sp³-hybridized carbons (Fsp3) is 0.333. The van der Waals surface area contributed by atoms with E-state index in [-0.39, 0.29) is 13.0 Å². The van der Waals surface area contributed by atoms with E-state index in [2.05, 4.69) is 15.1 Å². The molecular weight excluding hydrogens is 212 g/mol. The molecule has 0 bridgehead atoms. The minimum Gasteiger partial charge on any atom is -0.481 e. The summed E-state index contributed by atoms with van der Waals surface area (Å²) in [5.41, 5.74) is 0.577. The van der Waals surface area contributed by atoms with E-state index in [0.29, 0.717) is 16.9 Å². The molecule has 0 fully saturated rings. The van der Waals surface area contributed by atoms with Gasteiger partial charge in [0.25, 0.3) is 0 Å². The number of nitrogens with zero attached hydrogens (tertiary/aromatic N) is 4. The number of rotatable bonds is 4. The molecule has 7 heteroatoms. The van der Waals surface area contributed by atoms with Crippen molar-refractivity contribution in [2.75, 3.05) is 7.11 Å². The van der Waals surface area contributed by atoms with Crippen molar-refractivity contribution in [3.8, 4) is 5.88 Å². The topological polar surface area (TPSA) is 90.1 Å². The highest BCUT2D eigenvalue weighted by Gasteiger charge is 2.10. The zero-order valence-corrected chi connectivity index (χ0v) is 8.62. The number of carboxylic acid groups (broad SMARTS) is 1. The zero-order chi connectivity index (χ0) is 11.5. The van der Waals surface area contributed by atoms with Crippen LogP contribution >= 0.6 is 0 Å². The van der Waals surface area contributed by atoms with Crippen LogP contribution in [0.5, 0.6) is 5.88 Å². The van der Waals surface area contributed by atoms with Crippen molar-refractivity contribution in [2.45, 2.75) is 13.0 Å². The fourth-order valence-corrected chi connectivity index (χ4v) is 1.40. The van der Waals surface area contributed by atoms with Crippen LogP contribution in [0, 0.1) is 0 Å². The van der Waals surface area contributed by atoms with Gasteiger partial charge in [-0.05, 0) is 0 Å². The maximum atomic E-state index is 10.5. The van der Waals surface area contributed by atoms with Crippen molar-refractivity contribution >= 4 is 17.0 Å². The monoisotopic (exact) mass is 222 g/mol. The molecule has 16 heavy (non-hydrogen) atoms. The molecule has 0 saturated heterocycles. The molecule has 1 N–H and O–H groups in total. The molecule has 2 rings (SSSR count). The first-order valence-electron chi connectivity index (χ1n) is 4.64. The molecule has 0 unspecified atom stereocenters. The Labute approximate surface area is 90.7 Å². The lowest BCUT2D eigenvalue weighted by atomic mass is 10.4. The summed E-state index contributed by atoms with van der Waals surface area (Å²) in [5, 5.41) is 13.3. The van der Waals surface area contributed by atoms with Gasteiger partial charge < -0.3 is 9.84 Å². The molecule has 0 aliphatic heterocycles. The third-order valence-corrected chi connectivity index (χ3v) is 2.13. The standard InChI is InChI=1S/C9H10N4O3/c1-16-9-6-4-12-13(3-2-7(14)15)8(6)10-5-11-9/h4-5H,2-3H2,1H3,(H,14,15). The van der Waals surface area contributed by atoms with Crippen LogP contribution in [0.4, 0.5) is 0 Å². The zero-order valence-electron chi connectivity index (χ0n) is 8.62. The fourth-order valence-electron chi connectivity index (χ4n) is 1.40. The van der Waals surface area contributed by atoms with Gasteiger partial charge in [-0.2, -0.15) is 5.10 Å². The normalized spacial score (nSPS) is 10.6. The van der Waals surface area contributed by atoms with Gasteiger partial charge in [-0.15, -0.1) is 0 Å². The Morgan fingerprint density at radius 2 is 2.38 bits per heavy atom. The van der Waals surface area contributed by atoms with E-state index in [9.17, 15) is 4.79 Å². The second-order valence-corrected chi connectivity index (χ2v) is 3.13. The first kappa shape index (κ1) is 10.3. The number of hydrogen-bond acceptors (Lipinski definition) is 5. The number of aromatic nitrogens is 4. The van der Waals surface area contributed by atoms with Crippen molar-refractivity contribution in [3.05, 3.63) is 12.5 Å². The van der Waals surface area contributed by atoms with E-state index in [1.807, 2.05) is 0 Å². The lowest BCUT2D eigenvalue weighted by Crippen LogP contribution is -2.06. The highest BCUT2D eigenvalue weighted by molar-refractivity contribution is 5.79. The largest absolute Gasteiger partial charge is 0.481 e. The van der Waals surface area contributed by atoms with Crippen LogP contribution in [0.25, 0.3) is 11.0 Å². The number of hydrogen-bond donors (Lipinski definition) is 1. The Morgan fingerprint density at radius 1 is 1.56 bits per heavy atom. The molecule has 7 nitrogen and oxygen atoms in total. The van der Waals surface area contributed by atoms with Crippen LogP contribution < -0.4 is 4.74 Å². The highest BCUT2D eigenvalue weighted by atomic mass is 16.5. The van der Waals surface area contributed by atoms with Crippen LogP contribution in [0.2, 0.25) is 0 Å². The minimum absolute atomic E-state index is 0.00307. The summed E-state index contributed by atoms with van der Waals surface area (Å²) in [7, 11) is 1.51. The van der Waals surface area contributed by atoms with Crippen molar-refractivity contribution in [1.29, 1.82) is 0 Å². The Bertz CT molecular complexity index is 522. The Balaban J connectivity index is 2.37. The number of ether oxygens (including phenoxy) is 1. The molecule has 0 saturated carbocycles. The molecule has 2 heterocycles. The number of methoxy groups -OCH3 is 1. The second kappa shape index (κ2) is 4.13. The van der Waals surface area contributed by atoms with E-state index in [0.717, 1.165) is 0 Å². The molecule has 0 spiro atoms. The van der Waals surface area contributed by atoms with Gasteiger partial charge in [-0.1, -0.05) is 0 Å². The van der Waals surface area contributed by atoms with Gasteiger partial charge in [0.05, 0.1) is 26.3 Å². The van der Waals surface area contributed by atoms with Gasteiger partial charge in [0.15, 0.2) is 5.65 Å². The quantitative estimate of drug-likeness (QED) is 0.800. The van der Waals surface area contributed by atoms with Crippen LogP contribution in [0.15, 0.2) is 12.5 Å². The van der Waals surface area contributed by atoms with Crippen LogP contribution in [0.1, 0.15) is 6.42 Å². The number of carboxylic acids is 1. The Kier molecular flexibility index (Phi) is 2.67. The van der Waals surface area contributed by atoms with E-state index in [4.69, 9.17) is 9.84 Å². The average Bonchev–Trinajstić information content (AvgIpc) is 2.69. The molecular formula is C9H10N4O3. The third kappa shape index (κ3) is 1.79. The third-order valence-electron chi connectivity index (χ3n) is 2.13. The minimum atomic E-state index is -0.871. The summed E-state index contributed by atoms with van der Waals surface area (Å²) in [6.07, 6.45) is 2.93. The van der Waals surface area contributed by atoms with Crippen molar-refractivity contribution < 1.29 is 14.6 Å². The molecule has 0 atom stereocenters. The van der Waals surface area contributed by atoms with E-state index >= 15 is 0 Å². The molecule has 0 amide bonds. The summed E-state index contributed by atoms with van der Waals surface area (Å²) in [4.78, 5) is 18.4. The lowest BCUT2D eigenvalue weighted by Gasteiger charge is -2.01. The number of fused-ring (bicyclic) bond motifs is 1. The Hall–Kier alpha value is -2.18. The van der Waals surface area contributed by atoms with Gasteiger partial charge in [-0.25, -0.2) is 14.6 Å². The maximum Gasteiger partial charge on any atom is 0.305 e. The van der Waals surface area contributed by atoms with Crippen molar-refractivity contribution in [1.82, 2.24) is 19.7 Å². The number of aryl methyl sites for hydroxylation is 1. The number of aliphatic carboxylic acids is 1. The summed E-state index contributed by atoms with van der Waals surface area (Å²) in [6.45, 7) is 0.277. The van der Waals surface area contributed by atoms with Gasteiger partial charge in [0, 0.05) is 0 Å². The summed E-state index contributed by atoms with van der Waals surface area (Å²) in [5.74, 6) is -0.434. The summed E-state index contributed by atoms with van der Waals surface area (Å²) < 4.78 is 6.57. The van der Waals surface area contributed by atoms with Crippen LogP contribution in [0.3, 0.4) is 0 Å². The molecule has 0 aliphatic carbocycles. The Morgan fingerprint density at radius 3 is 3.06 bits per heavy atom. The van der Waals surface area contributed by atoms with Crippen LogP contribution in [-0.2, 0) is 11.3 Å². The van der Waals surface area contributed by atoms with E-state index in [1.54, 1.807) is 6.20 Å². The van der Waals surface area contributed by atoms with Gasteiger partial charge in [-0.3, -0.25) is 4.79 Å². The first-order valence-corrected chi connectivity index (χ1v) is 4.64. The molecule has 84 valence electrons. The summed E-state index contributed by atoms with van der Waals surface area (Å²) in [6, 6.07) is 0. The molecule has 2 aromatic rings. The molecule has 0 aliphatic rings. The number of carbonyl (C=O) groups is 1. The van der Waals surface area contributed by atoms with Gasteiger partial charge in [0.2, 0.25) is 5.88 Å². The van der Waals surface area contributed by atoms with Crippen molar-refractivity contribution in [2.24, 2.45) is 0 Å². The summed E-state index contributed by atoms with van der Waals surface area (Å²) >= 11 is 0. The average molecular weight is 222 g/mol. The smallest absolute Gasteiger partial charge is 0.305 e. The predicted octanol–water partition coefficient (Wildman–Crippen LogP) is 0.310. The van der Waals surface area contributed by atoms with Crippen LogP contribution in [-0.4, -0.2) is 37.9 Å². The van der Waals surface area contributed by atoms with Gasteiger partial charge in [0.1, 0.15) is 11.7 Å². The van der Waals surface area contributed by atoms with E-state index in [1.165, 1.54) is 18.1 Å². The second-order valence-electron chi connectivity index (χ2n) is 3.13. The van der Waals surface area contributed by atoms with Gasteiger partial charge >= 0.3 is 5.97 Å². The first-order chi connectivity index (χ1) is 7.72. The molecule has 0 aromatic carbocycles. The predicted molar refractivity (Wildman–Crippen MR) is 54.1 cm³/mol.